The van der Waals surface area contributed by atoms with Crippen molar-refractivity contribution in [2.75, 3.05) is 5.73 Å². The molecule has 64 valence electrons. The van der Waals surface area contributed by atoms with E-state index in [1.165, 1.54) is 5.56 Å². The van der Waals surface area contributed by atoms with Crippen molar-refractivity contribution in [3.05, 3.63) is 29.3 Å². The molecule has 0 unspecified atom stereocenters. The van der Waals surface area contributed by atoms with E-state index in [-0.39, 0.29) is 0 Å². The molecule has 2 nitrogen and oxygen atoms in total. The second-order valence-corrected chi connectivity index (χ2v) is 3.69. The molecule has 0 saturated carbocycles. The normalized spacial score (nSPS) is 27.2. The van der Waals surface area contributed by atoms with Crippen LogP contribution in [0.1, 0.15) is 24.5 Å². The van der Waals surface area contributed by atoms with Gasteiger partial charge in [0.15, 0.2) is 0 Å². The van der Waals surface area contributed by atoms with E-state index in [1.807, 2.05) is 25.1 Å². The first-order chi connectivity index (χ1) is 5.59. The summed E-state index contributed by atoms with van der Waals surface area (Å²) in [6, 6.07) is 5.77. The number of benzene rings is 1. The summed E-state index contributed by atoms with van der Waals surface area (Å²) in [6.45, 7) is 1.85. The van der Waals surface area contributed by atoms with E-state index in [9.17, 15) is 5.11 Å². The first-order valence-electron chi connectivity index (χ1n) is 4.21. The summed E-state index contributed by atoms with van der Waals surface area (Å²) in [6.07, 6.45) is 1.77. The van der Waals surface area contributed by atoms with Crippen LogP contribution in [0, 0.1) is 0 Å². The Labute approximate surface area is 72.0 Å². The fraction of sp³-hybridized carbons (Fsp3) is 0.400. The Bertz CT molecular complexity index is 318. The van der Waals surface area contributed by atoms with Crippen LogP contribution < -0.4 is 5.73 Å². The zero-order valence-electron chi connectivity index (χ0n) is 7.17. The molecular formula is C10H13NO. The molecule has 0 aliphatic heterocycles. The van der Waals surface area contributed by atoms with E-state index in [4.69, 9.17) is 5.73 Å². The average molecular weight is 163 g/mol. The number of fused-ring (bicyclic) bond motifs is 1. The third-order valence-corrected chi connectivity index (χ3v) is 2.60. The minimum atomic E-state index is -0.662. The topological polar surface area (TPSA) is 46.2 Å². The maximum absolute atomic E-state index is 9.92. The molecule has 1 atom stereocenters. The van der Waals surface area contributed by atoms with Crippen LogP contribution in [0.15, 0.2) is 18.2 Å². The van der Waals surface area contributed by atoms with Gasteiger partial charge in [-0.3, -0.25) is 0 Å². The zero-order chi connectivity index (χ0) is 8.77. The number of hydrogen-bond donors (Lipinski definition) is 2. The largest absolute Gasteiger partial charge is 0.399 e. The smallest absolute Gasteiger partial charge is 0.0875 e. The van der Waals surface area contributed by atoms with Crippen LogP contribution in [0.25, 0.3) is 0 Å². The summed E-state index contributed by atoms with van der Waals surface area (Å²) in [5.41, 5.74) is 7.94. The van der Waals surface area contributed by atoms with Crippen LogP contribution in [0.3, 0.4) is 0 Å². The lowest BCUT2D eigenvalue weighted by Crippen LogP contribution is -2.16. The van der Waals surface area contributed by atoms with Crippen LogP contribution in [-0.2, 0) is 12.0 Å². The number of aryl methyl sites for hydroxylation is 1. The lowest BCUT2D eigenvalue weighted by molar-refractivity contribution is 0.0595. The van der Waals surface area contributed by atoms with Gasteiger partial charge in [-0.15, -0.1) is 0 Å². The SMILES string of the molecule is C[C@]1(O)CCc2ccc(N)cc21. The van der Waals surface area contributed by atoms with Crippen molar-refractivity contribution < 1.29 is 5.11 Å². The maximum atomic E-state index is 9.92. The average Bonchev–Trinajstić information content (AvgIpc) is 2.28. The molecule has 0 heterocycles. The van der Waals surface area contributed by atoms with Crippen LogP contribution >= 0.6 is 0 Å². The van der Waals surface area contributed by atoms with Crippen molar-refractivity contribution in [2.45, 2.75) is 25.4 Å². The zero-order valence-corrected chi connectivity index (χ0v) is 7.17. The predicted molar refractivity (Wildman–Crippen MR) is 48.7 cm³/mol. The Morgan fingerprint density at radius 1 is 1.50 bits per heavy atom. The molecule has 0 spiro atoms. The number of nitrogen functional groups attached to an aromatic ring is 1. The first kappa shape index (κ1) is 7.62. The van der Waals surface area contributed by atoms with Gasteiger partial charge in [-0.1, -0.05) is 6.07 Å². The molecule has 3 N–H and O–H groups in total. The highest BCUT2D eigenvalue weighted by atomic mass is 16.3. The van der Waals surface area contributed by atoms with Gasteiger partial charge in [0.2, 0.25) is 0 Å². The summed E-state index contributed by atoms with van der Waals surface area (Å²) < 4.78 is 0. The van der Waals surface area contributed by atoms with Gasteiger partial charge in [0.1, 0.15) is 0 Å². The Balaban J connectivity index is 2.57. The van der Waals surface area contributed by atoms with E-state index in [1.54, 1.807) is 0 Å². The Kier molecular flexibility index (Phi) is 1.42. The summed E-state index contributed by atoms with van der Waals surface area (Å²) in [7, 11) is 0. The molecular weight excluding hydrogens is 150 g/mol. The predicted octanol–water partition coefficient (Wildman–Crippen LogP) is 1.42. The minimum Gasteiger partial charge on any atom is -0.399 e. The molecule has 0 bridgehead atoms. The second kappa shape index (κ2) is 2.23. The van der Waals surface area contributed by atoms with Gasteiger partial charge in [-0.05, 0) is 43.0 Å². The third-order valence-electron chi connectivity index (χ3n) is 2.60. The fourth-order valence-corrected chi connectivity index (χ4v) is 1.83. The third kappa shape index (κ3) is 0.994. The molecule has 0 amide bonds. The van der Waals surface area contributed by atoms with Gasteiger partial charge >= 0.3 is 0 Å². The molecule has 1 aliphatic carbocycles. The molecule has 1 aromatic rings. The van der Waals surface area contributed by atoms with Gasteiger partial charge < -0.3 is 10.8 Å². The van der Waals surface area contributed by atoms with E-state index >= 15 is 0 Å². The lowest BCUT2D eigenvalue weighted by atomic mass is 9.98. The van der Waals surface area contributed by atoms with Crippen molar-refractivity contribution in [3.8, 4) is 0 Å². The number of aliphatic hydroxyl groups is 1. The van der Waals surface area contributed by atoms with E-state index < -0.39 is 5.60 Å². The standard InChI is InChI=1S/C10H13NO/c1-10(12)5-4-7-2-3-8(11)6-9(7)10/h2-3,6,12H,4-5,11H2,1H3/t10-/m0/s1. The van der Waals surface area contributed by atoms with Crippen molar-refractivity contribution in [2.24, 2.45) is 0 Å². The molecule has 1 aliphatic rings. The Hall–Kier alpha value is -1.02. The molecule has 2 heteroatoms. The first-order valence-corrected chi connectivity index (χ1v) is 4.21. The minimum absolute atomic E-state index is 0.662. The van der Waals surface area contributed by atoms with Crippen molar-refractivity contribution in [1.82, 2.24) is 0 Å². The molecule has 0 aromatic heterocycles. The van der Waals surface area contributed by atoms with Crippen LogP contribution in [0.5, 0.6) is 0 Å². The highest BCUT2D eigenvalue weighted by molar-refractivity contribution is 5.48. The van der Waals surface area contributed by atoms with E-state index in [0.717, 1.165) is 24.1 Å². The summed E-state index contributed by atoms with van der Waals surface area (Å²) >= 11 is 0. The fourth-order valence-electron chi connectivity index (χ4n) is 1.83. The quantitative estimate of drug-likeness (QED) is 0.568. The van der Waals surface area contributed by atoms with Crippen LogP contribution in [0.4, 0.5) is 5.69 Å². The molecule has 0 saturated heterocycles. The van der Waals surface area contributed by atoms with Gasteiger partial charge in [-0.2, -0.15) is 0 Å². The number of rotatable bonds is 0. The van der Waals surface area contributed by atoms with Crippen molar-refractivity contribution in [3.63, 3.8) is 0 Å². The van der Waals surface area contributed by atoms with Crippen LogP contribution in [-0.4, -0.2) is 5.11 Å². The van der Waals surface area contributed by atoms with Gasteiger partial charge in [0.25, 0.3) is 0 Å². The molecule has 12 heavy (non-hydrogen) atoms. The molecule has 2 rings (SSSR count). The lowest BCUT2D eigenvalue weighted by Gasteiger charge is -2.17. The number of anilines is 1. The van der Waals surface area contributed by atoms with Gasteiger partial charge in [0, 0.05) is 5.69 Å². The maximum Gasteiger partial charge on any atom is 0.0875 e. The molecule has 1 aromatic carbocycles. The highest BCUT2D eigenvalue weighted by Gasteiger charge is 2.31. The summed E-state index contributed by atoms with van der Waals surface area (Å²) in [5.74, 6) is 0. The summed E-state index contributed by atoms with van der Waals surface area (Å²) in [5, 5.41) is 9.92. The van der Waals surface area contributed by atoms with Crippen molar-refractivity contribution in [1.29, 1.82) is 0 Å². The van der Waals surface area contributed by atoms with Gasteiger partial charge in [-0.25, -0.2) is 0 Å². The summed E-state index contributed by atoms with van der Waals surface area (Å²) in [4.78, 5) is 0. The highest BCUT2D eigenvalue weighted by Crippen LogP contribution is 2.37. The molecule has 0 fully saturated rings. The Morgan fingerprint density at radius 2 is 2.25 bits per heavy atom. The number of nitrogens with two attached hydrogens (primary N) is 1. The van der Waals surface area contributed by atoms with Crippen LogP contribution in [0.2, 0.25) is 0 Å². The van der Waals surface area contributed by atoms with Crippen molar-refractivity contribution >= 4 is 5.69 Å². The molecule has 0 radical (unpaired) electrons. The van der Waals surface area contributed by atoms with Gasteiger partial charge in [0.05, 0.1) is 5.60 Å². The second-order valence-electron chi connectivity index (χ2n) is 3.69. The van der Waals surface area contributed by atoms with E-state index in [0.29, 0.717) is 0 Å². The Morgan fingerprint density at radius 3 is 3.00 bits per heavy atom. The monoisotopic (exact) mass is 163 g/mol. The number of hydrogen-bond acceptors (Lipinski definition) is 2. The van der Waals surface area contributed by atoms with E-state index in [2.05, 4.69) is 0 Å².